The minimum atomic E-state index is -3.15. The van der Waals surface area contributed by atoms with E-state index in [1.165, 1.54) is 11.0 Å². The van der Waals surface area contributed by atoms with Crippen molar-refractivity contribution in [1.82, 2.24) is 19.5 Å². The van der Waals surface area contributed by atoms with E-state index in [0.717, 1.165) is 0 Å². The molecule has 1 heterocycles. The molecule has 0 bridgehead atoms. The SMILES string of the molecule is CCS(=O)(=O)NCc1ncn(C)n1. The zero-order valence-corrected chi connectivity index (χ0v) is 8.37. The molecule has 0 saturated heterocycles. The Morgan fingerprint density at radius 3 is 2.77 bits per heavy atom. The molecule has 1 rings (SSSR count). The van der Waals surface area contributed by atoms with E-state index in [2.05, 4.69) is 14.8 Å². The van der Waals surface area contributed by atoms with Crippen LogP contribution in [0.2, 0.25) is 0 Å². The smallest absolute Gasteiger partial charge is 0.211 e. The lowest BCUT2D eigenvalue weighted by atomic mass is 10.6. The summed E-state index contributed by atoms with van der Waals surface area (Å²) in [6.07, 6.45) is 1.52. The molecule has 0 unspecified atom stereocenters. The summed E-state index contributed by atoms with van der Waals surface area (Å²) in [5.74, 6) is 0.541. The van der Waals surface area contributed by atoms with Crippen LogP contribution in [0, 0.1) is 0 Å². The molecule has 0 aliphatic carbocycles. The molecule has 0 aliphatic rings. The number of rotatable bonds is 4. The van der Waals surface area contributed by atoms with Crippen molar-refractivity contribution >= 4 is 10.0 Å². The lowest BCUT2D eigenvalue weighted by Crippen LogP contribution is -2.25. The first kappa shape index (κ1) is 10.1. The van der Waals surface area contributed by atoms with Crippen molar-refractivity contribution in [2.45, 2.75) is 13.5 Å². The van der Waals surface area contributed by atoms with E-state index >= 15 is 0 Å². The van der Waals surface area contributed by atoms with Gasteiger partial charge in [-0.05, 0) is 6.92 Å². The van der Waals surface area contributed by atoms with Gasteiger partial charge in [0.05, 0.1) is 12.3 Å². The molecular formula is C6H12N4O2S. The van der Waals surface area contributed by atoms with Gasteiger partial charge < -0.3 is 0 Å². The number of hydrogen-bond donors (Lipinski definition) is 1. The zero-order chi connectivity index (χ0) is 9.90. The average Bonchev–Trinajstić information content (AvgIpc) is 2.48. The number of hydrogen-bond acceptors (Lipinski definition) is 4. The monoisotopic (exact) mass is 204 g/mol. The molecule has 1 N–H and O–H groups in total. The topological polar surface area (TPSA) is 76.9 Å². The molecule has 1 aromatic rings. The standard InChI is InChI=1S/C6H12N4O2S/c1-3-13(11,12)8-4-6-7-5-10(2)9-6/h5,8H,3-4H2,1-2H3. The maximum Gasteiger partial charge on any atom is 0.211 e. The Kier molecular flexibility index (Phi) is 2.99. The lowest BCUT2D eigenvalue weighted by molar-refractivity contribution is 0.580. The number of nitrogens with zero attached hydrogens (tertiary/aromatic N) is 3. The molecule has 0 saturated carbocycles. The van der Waals surface area contributed by atoms with Crippen molar-refractivity contribution in [2.24, 2.45) is 7.05 Å². The third-order valence-corrected chi connectivity index (χ3v) is 2.82. The van der Waals surface area contributed by atoms with E-state index in [1.54, 1.807) is 14.0 Å². The summed E-state index contributed by atoms with van der Waals surface area (Å²) in [4.78, 5) is 3.88. The highest BCUT2D eigenvalue weighted by molar-refractivity contribution is 7.89. The molecule has 0 fully saturated rings. The molecule has 13 heavy (non-hydrogen) atoms. The Morgan fingerprint density at radius 1 is 1.62 bits per heavy atom. The van der Waals surface area contributed by atoms with Crippen molar-refractivity contribution in [3.8, 4) is 0 Å². The molecule has 0 spiro atoms. The maximum absolute atomic E-state index is 11.0. The number of aryl methyl sites for hydroxylation is 1. The van der Waals surface area contributed by atoms with Crippen LogP contribution in [0.3, 0.4) is 0 Å². The van der Waals surface area contributed by atoms with E-state index in [-0.39, 0.29) is 12.3 Å². The van der Waals surface area contributed by atoms with Crippen molar-refractivity contribution in [2.75, 3.05) is 5.75 Å². The van der Waals surface area contributed by atoms with Crippen molar-refractivity contribution in [3.63, 3.8) is 0 Å². The molecule has 0 atom stereocenters. The normalized spacial score (nSPS) is 11.8. The van der Waals surface area contributed by atoms with Gasteiger partial charge in [0.1, 0.15) is 6.33 Å². The van der Waals surface area contributed by atoms with E-state index < -0.39 is 10.0 Å². The van der Waals surface area contributed by atoms with Crippen LogP contribution in [0.1, 0.15) is 12.7 Å². The first-order valence-electron chi connectivity index (χ1n) is 3.85. The summed E-state index contributed by atoms with van der Waals surface area (Å²) < 4.78 is 25.9. The second-order valence-electron chi connectivity index (χ2n) is 2.56. The quantitative estimate of drug-likeness (QED) is 0.700. The van der Waals surface area contributed by atoms with E-state index in [9.17, 15) is 8.42 Å². The Bertz CT molecular complexity index is 370. The molecule has 0 amide bonds. The van der Waals surface area contributed by atoms with Gasteiger partial charge in [-0.25, -0.2) is 18.1 Å². The number of aromatic nitrogens is 3. The number of nitrogens with one attached hydrogen (secondary N) is 1. The lowest BCUT2D eigenvalue weighted by Gasteiger charge is -1.99. The van der Waals surface area contributed by atoms with Crippen LogP contribution in [0.15, 0.2) is 6.33 Å². The average molecular weight is 204 g/mol. The second kappa shape index (κ2) is 3.84. The van der Waals surface area contributed by atoms with Crippen LogP contribution in [-0.4, -0.2) is 28.9 Å². The third kappa shape index (κ3) is 3.11. The molecule has 0 radical (unpaired) electrons. The van der Waals surface area contributed by atoms with Gasteiger partial charge in [-0.15, -0.1) is 0 Å². The van der Waals surface area contributed by atoms with Gasteiger partial charge in [-0.1, -0.05) is 0 Å². The van der Waals surface area contributed by atoms with E-state index in [1.807, 2.05) is 0 Å². The van der Waals surface area contributed by atoms with Crippen molar-refractivity contribution in [3.05, 3.63) is 12.2 Å². The van der Waals surface area contributed by atoms with Gasteiger partial charge in [0.2, 0.25) is 10.0 Å². The van der Waals surface area contributed by atoms with Crippen LogP contribution in [-0.2, 0) is 23.6 Å². The van der Waals surface area contributed by atoms with Crippen LogP contribution >= 0.6 is 0 Å². The Labute approximate surface area is 77.0 Å². The Morgan fingerprint density at radius 2 is 2.31 bits per heavy atom. The summed E-state index contributed by atoms with van der Waals surface area (Å²) >= 11 is 0. The second-order valence-corrected chi connectivity index (χ2v) is 4.65. The van der Waals surface area contributed by atoms with Gasteiger partial charge >= 0.3 is 0 Å². The summed E-state index contributed by atoms with van der Waals surface area (Å²) in [6, 6.07) is 0. The predicted molar refractivity (Wildman–Crippen MR) is 47.3 cm³/mol. The summed E-state index contributed by atoms with van der Waals surface area (Å²) in [7, 11) is -1.42. The minimum absolute atomic E-state index is 0.0693. The molecule has 6 nitrogen and oxygen atoms in total. The van der Waals surface area contributed by atoms with Gasteiger partial charge in [-0.3, -0.25) is 4.68 Å². The molecule has 7 heteroatoms. The Balaban J connectivity index is 2.53. The van der Waals surface area contributed by atoms with E-state index in [0.29, 0.717) is 5.82 Å². The van der Waals surface area contributed by atoms with Gasteiger partial charge in [-0.2, -0.15) is 5.10 Å². The van der Waals surface area contributed by atoms with Crippen LogP contribution in [0.5, 0.6) is 0 Å². The highest BCUT2D eigenvalue weighted by Crippen LogP contribution is 1.90. The maximum atomic E-state index is 11.0. The molecule has 0 aliphatic heterocycles. The zero-order valence-electron chi connectivity index (χ0n) is 7.56. The predicted octanol–water partition coefficient (Wildman–Crippen LogP) is -0.746. The van der Waals surface area contributed by atoms with Crippen molar-refractivity contribution in [1.29, 1.82) is 0 Å². The van der Waals surface area contributed by atoms with Crippen LogP contribution in [0.4, 0.5) is 0 Å². The summed E-state index contributed by atoms with van der Waals surface area (Å²) in [6.45, 7) is 1.73. The molecule has 1 aromatic heterocycles. The van der Waals surface area contributed by atoms with Gasteiger partial charge in [0, 0.05) is 7.05 Å². The minimum Gasteiger partial charge on any atom is -0.256 e. The fourth-order valence-electron chi connectivity index (χ4n) is 0.741. The first-order valence-corrected chi connectivity index (χ1v) is 5.50. The van der Waals surface area contributed by atoms with Crippen molar-refractivity contribution < 1.29 is 8.42 Å². The Hall–Kier alpha value is -0.950. The summed E-state index contributed by atoms with van der Waals surface area (Å²) in [5.41, 5.74) is 0. The largest absolute Gasteiger partial charge is 0.256 e. The fraction of sp³-hybridized carbons (Fsp3) is 0.667. The third-order valence-electron chi connectivity index (χ3n) is 1.48. The molecular weight excluding hydrogens is 192 g/mol. The summed E-state index contributed by atoms with van der Waals surface area (Å²) in [5, 5.41) is 3.93. The fourth-order valence-corrected chi connectivity index (χ4v) is 1.29. The molecule has 74 valence electrons. The number of sulfonamides is 1. The molecule has 0 aromatic carbocycles. The highest BCUT2D eigenvalue weighted by Gasteiger charge is 2.07. The highest BCUT2D eigenvalue weighted by atomic mass is 32.2. The first-order chi connectivity index (χ1) is 6.03. The van der Waals surface area contributed by atoms with Crippen LogP contribution < -0.4 is 4.72 Å². The van der Waals surface area contributed by atoms with Crippen LogP contribution in [0.25, 0.3) is 0 Å². The van der Waals surface area contributed by atoms with Gasteiger partial charge in [0.25, 0.3) is 0 Å². The van der Waals surface area contributed by atoms with E-state index in [4.69, 9.17) is 0 Å². The van der Waals surface area contributed by atoms with Gasteiger partial charge in [0.15, 0.2) is 5.82 Å².